The Morgan fingerprint density at radius 3 is 1.68 bits per heavy atom. The van der Waals surface area contributed by atoms with Gasteiger partial charge in [-0.2, -0.15) is 5.26 Å². The van der Waals surface area contributed by atoms with Crippen molar-refractivity contribution in [3.05, 3.63) is 246 Å². The maximum absolute atomic E-state index is 9.98. The van der Waals surface area contributed by atoms with Crippen molar-refractivity contribution in [2.75, 3.05) is 0 Å². The highest BCUT2D eigenvalue weighted by molar-refractivity contribution is 6.12. The van der Waals surface area contributed by atoms with Crippen molar-refractivity contribution in [1.29, 1.82) is 5.26 Å². The number of para-hydroxylation sites is 3. The molecule has 8 aromatic carbocycles. The molecule has 0 unspecified atom stereocenters. The minimum absolute atomic E-state index is 0.598. The van der Waals surface area contributed by atoms with E-state index in [1.807, 2.05) is 60.9 Å². The number of ether oxygens (including phenoxy) is 1. The molecule has 314 valence electrons. The molecule has 0 saturated carbocycles. The van der Waals surface area contributed by atoms with Gasteiger partial charge in [-0.1, -0.05) is 91.0 Å². The van der Waals surface area contributed by atoms with Gasteiger partial charge >= 0.3 is 0 Å². The van der Waals surface area contributed by atoms with E-state index in [2.05, 4.69) is 166 Å². The number of fused-ring (bicyclic) bond motifs is 15. The van der Waals surface area contributed by atoms with Crippen LogP contribution in [0.3, 0.4) is 0 Å². The molecule has 1 spiro atoms. The largest absolute Gasteiger partial charge is 0.456 e. The van der Waals surface area contributed by atoms with Gasteiger partial charge in [-0.25, -0.2) is 4.85 Å². The van der Waals surface area contributed by atoms with Crippen LogP contribution in [0.25, 0.3) is 93.5 Å². The molecule has 2 aliphatic rings. The predicted molar refractivity (Wildman–Crippen MR) is 270 cm³/mol. The van der Waals surface area contributed by atoms with E-state index in [-0.39, 0.29) is 0 Å². The summed E-state index contributed by atoms with van der Waals surface area (Å²) in [4.78, 5) is 13.8. The van der Waals surface area contributed by atoms with Crippen LogP contribution in [0.2, 0.25) is 0 Å². The van der Waals surface area contributed by atoms with Crippen molar-refractivity contribution < 1.29 is 4.74 Å². The smallest absolute Gasteiger partial charge is 0.188 e. The van der Waals surface area contributed by atoms with Gasteiger partial charge in [0.15, 0.2) is 5.69 Å². The Morgan fingerprint density at radius 1 is 0.485 bits per heavy atom. The fourth-order valence-corrected chi connectivity index (χ4v) is 11.3. The quantitative estimate of drug-likeness (QED) is 0.165. The van der Waals surface area contributed by atoms with E-state index in [1.54, 1.807) is 0 Å². The number of rotatable bonds is 4. The molecule has 0 N–H and O–H groups in total. The zero-order valence-electron chi connectivity index (χ0n) is 36.2. The summed E-state index contributed by atoms with van der Waals surface area (Å²) < 4.78 is 11.8. The second-order valence-corrected chi connectivity index (χ2v) is 17.5. The topological polar surface area (TPSA) is 73.0 Å². The lowest BCUT2D eigenvalue weighted by Gasteiger charge is -2.40. The third-order valence-electron chi connectivity index (χ3n) is 14.1. The zero-order valence-corrected chi connectivity index (χ0v) is 36.2. The summed E-state index contributed by atoms with van der Waals surface area (Å²) in [5.41, 5.74) is 16.6. The molecule has 7 heteroatoms. The van der Waals surface area contributed by atoms with Crippen molar-refractivity contribution in [1.82, 2.24) is 19.1 Å². The molecule has 1 aliphatic heterocycles. The van der Waals surface area contributed by atoms with Gasteiger partial charge in [0, 0.05) is 56.6 Å². The first-order chi connectivity index (χ1) is 33.6. The minimum atomic E-state index is -0.824. The molecule has 0 fully saturated rings. The van der Waals surface area contributed by atoms with Gasteiger partial charge < -0.3 is 13.9 Å². The summed E-state index contributed by atoms with van der Waals surface area (Å²) in [5, 5.41) is 14.1. The van der Waals surface area contributed by atoms with Crippen LogP contribution in [-0.2, 0) is 5.41 Å². The Hall–Kier alpha value is -9.56. The van der Waals surface area contributed by atoms with Crippen LogP contribution in [-0.4, -0.2) is 19.1 Å². The normalized spacial score (nSPS) is 12.9. The van der Waals surface area contributed by atoms with Crippen LogP contribution in [0.4, 0.5) is 5.69 Å². The summed E-state index contributed by atoms with van der Waals surface area (Å²) >= 11 is 0. The SMILES string of the molecule is [C-]#[N+]c1ccc2c(c1)c1cc(-c3cccc4c3Oc3ccc(-c5ccc6c(c5)c5cc(C#N)ccc5n6-c5ccccc5)cc3C43c4cccnc4-c4ncccc43)ccc1n2-c1ccccc1. The van der Waals surface area contributed by atoms with Crippen LogP contribution in [0.15, 0.2) is 207 Å². The maximum Gasteiger partial charge on any atom is 0.188 e. The lowest BCUT2D eigenvalue weighted by Crippen LogP contribution is -2.32. The Balaban J connectivity index is 0.996. The number of benzene rings is 8. The van der Waals surface area contributed by atoms with Gasteiger partial charge in [0.2, 0.25) is 0 Å². The van der Waals surface area contributed by atoms with Gasteiger partial charge in [0.05, 0.1) is 57.1 Å². The third kappa shape index (κ3) is 5.16. The highest BCUT2D eigenvalue weighted by atomic mass is 16.5. The van der Waals surface area contributed by atoms with Crippen LogP contribution >= 0.6 is 0 Å². The highest BCUT2D eigenvalue weighted by Crippen LogP contribution is 2.63. The molecule has 0 atom stereocenters. The molecule has 12 aromatic rings. The molecule has 0 amide bonds. The van der Waals surface area contributed by atoms with Crippen LogP contribution < -0.4 is 4.74 Å². The van der Waals surface area contributed by atoms with E-state index in [0.29, 0.717) is 11.3 Å². The Bertz CT molecular complexity index is 4160. The standard InChI is InChI=1S/C61H34N6O/c1-63-41-23-27-56-48(35-41)47-33-40(21-26-55(47)67(56)43-13-6-3-7-14-43)44-15-8-16-51-60(44)68-57-28-22-39(34-52(57)61(51)49-17-9-29-64-58(49)59-50(61)18-10-30-65-59)38-20-25-54-46(32-38)45-31-37(36-62)19-24-53(45)66(54)42-11-4-2-5-12-42/h2-35H. The van der Waals surface area contributed by atoms with Gasteiger partial charge in [-0.3, -0.25) is 9.97 Å². The van der Waals surface area contributed by atoms with Crippen LogP contribution in [0.5, 0.6) is 11.5 Å². The number of hydrogen-bond acceptors (Lipinski definition) is 4. The lowest BCUT2D eigenvalue weighted by molar-refractivity contribution is 0.438. The molecule has 1 aliphatic carbocycles. The molecule has 4 aromatic heterocycles. The molecule has 7 nitrogen and oxygen atoms in total. The molecule has 14 rings (SSSR count). The Morgan fingerprint density at radius 2 is 1.03 bits per heavy atom. The lowest BCUT2D eigenvalue weighted by atomic mass is 9.65. The van der Waals surface area contributed by atoms with Crippen LogP contribution in [0, 0.1) is 17.9 Å². The van der Waals surface area contributed by atoms with Crippen molar-refractivity contribution in [3.8, 4) is 62.6 Å². The van der Waals surface area contributed by atoms with Gasteiger partial charge in [0.1, 0.15) is 11.5 Å². The van der Waals surface area contributed by atoms with E-state index < -0.39 is 5.41 Å². The number of pyridine rings is 2. The average Bonchev–Trinajstić information content (AvgIpc) is 4.02. The summed E-state index contributed by atoms with van der Waals surface area (Å²) in [6.45, 7) is 7.87. The van der Waals surface area contributed by atoms with Crippen molar-refractivity contribution >= 4 is 49.3 Å². The Labute approximate surface area is 390 Å². The fourth-order valence-electron chi connectivity index (χ4n) is 11.3. The monoisotopic (exact) mass is 866 g/mol. The molecule has 0 saturated heterocycles. The molecule has 68 heavy (non-hydrogen) atoms. The first-order valence-corrected chi connectivity index (χ1v) is 22.6. The minimum Gasteiger partial charge on any atom is -0.456 e. The number of nitrogens with zero attached hydrogens (tertiary/aromatic N) is 6. The number of aromatic nitrogens is 4. The van der Waals surface area contributed by atoms with Crippen molar-refractivity contribution in [3.63, 3.8) is 0 Å². The summed E-state index contributed by atoms with van der Waals surface area (Å²) in [5.74, 6) is 1.53. The second kappa shape index (κ2) is 14.2. The predicted octanol–water partition coefficient (Wildman–Crippen LogP) is 14.9. The van der Waals surface area contributed by atoms with Gasteiger partial charge in [-0.05, 0) is 136 Å². The number of hydrogen-bond donors (Lipinski definition) is 0. The molecule has 0 radical (unpaired) electrons. The number of nitriles is 1. The van der Waals surface area contributed by atoms with Gasteiger partial charge in [0.25, 0.3) is 0 Å². The summed E-state index contributed by atoms with van der Waals surface area (Å²) in [7, 11) is 0. The molecule has 5 heterocycles. The van der Waals surface area contributed by atoms with E-state index in [9.17, 15) is 5.26 Å². The van der Waals surface area contributed by atoms with Crippen molar-refractivity contribution in [2.24, 2.45) is 0 Å². The summed E-state index contributed by atoms with van der Waals surface area (Å²) in [6.07, 6.45) is 3.70. The molecular formula is C61H34N6O. The van der Waals surface area contributed by atoms with E-state index in [1.165, 1.54) is 0 Å². The third-order valence-corrected chi connectivity index (χ3v) is 14.1. The first-order valence-electron chi connectivity index (χ1n) is 22.6. The maximum atomic E-state index is 9.98. The highest BCUT2D eigenvalue weighted by Gasteiger charge is 2.53. The van der Waals surface area contributed by atoms with Crippen LogP contribution in [0.1, 0.15) is 27.8 Å². The summed E-state index contributed by atoms with van der Waals surface area (Å²) in [6, 6.07) is 69.8. The van der Waals surface area contributed by atoms with E-state index >= 15 is 0 Å². The molecular weight excluding hydrogens is 833 g/mol. The second-order valence-electron chi connectivity index (χ2n) is 17.5. The van der Waals surface area contributed by atoms with Crippen molar-refractivity contribution in [2.45, 2.75) is 5.41 Å². The Kier molecular flexibility index (Phi) is 7.90. The molecule has 0 bridgehead atoms. The van der Waals surface area contributed by atoms with E-state index in [0.717, 1.165) is 122 Å². The zero-order chi connectivity index (χ0) is 45.1. The van der Waals surface area contributed by atoms with E-state index in [4.69, 9.17) is 21.3 Å². The average molecular weight is 867 g/mol. The van der Waals surface area contributed by atoms with Gasteiger partial charge in [-0.15, -0.1) is 0 Å². The first kappa shape index (κ1) is 37.8. The fraction of sp³-hybridized carbons (Fsp3) is 0.0164.